The van der Waals surface area contributed by atoms with E-state index >= 15 is 0 Å². The van der Waals surface area contributed by atoms with Crippen molar-refractivity contribution in [2.24, 2.45) is 5.92 Å². The van der Waals surface area contributed by atoms with Gasteiger partial charge in [-0.1, -0.05) is 31.2 Å². The zero-order chi connectivity index (χ0) is 26.3. The van der Waals surface area contributed by atoms with Crippen LogP contribution in [0.4, 0.5) is 0 Å². The second-order valence-corrected chi connectivity index (χ2v) is 9.43. The minimum absolute atomic E-state index is 0.00563. The summed E-state index contributed by atoms with van der Waals surface area (Å²) in [4.78, 5) is 0. The molecular weight excluding hydrogens is 468 g/mol. The summed E-state index contributed by atoms with van der Waals surface area (Å²) in [5, 5.41) is 11.2. The molecule has 0 bridgehead atoms. The first-order chi connectivity index (χ1) is 17.2. The van der Waals surface area contributed by atoms with Crippen molar-refractivity contribution in [1.29, 1.82) is 0 Å². The summed E-state index contributed by atoms with van der Waals surface area (Å²) >= 11 is 0. The van der Waals surface area contributed by atoms with Crippen LogP contribution in [0.1, 0.15) is 51.5 Å². The summed E-state index contributed by atoms with van der Waals surface area (Å²) in [7, 11) is 4.67. The van der Waals surface area contributed by atoms with Crippen LogP contribution in [0.3, 0.4) is 0 Å². The van der Waals surface area contributed by atoms with E-state index in [0.717, 1.165) is 0 Å². The van der Waals surface area contributed by atoms with E-state index in [2.05, 4.69) is 12.2 Å². The molecule has 9 nitrogen and oxygen atoms in total. The molecule has 2 aliphatic heterocycles. The molecule has 0 spiro atoms. The molecule has 0 amide bonds. The zero-order valence-electron chi connectivity index (χ0n) is 22.3. The third-order valence-corrected chi connectivity index (χ3v) is 6.24. The Morgan fingerprint density at radius 1 is 1.03 bits per heavy atom. The molecule has 0 radical (unpaired) electrons. The average molecular weight is 509 g/mol. The van der Waals surface area contributed by atoms with Crippen LogP contribution in [-0.4, -0.2) is 70.2 Å². The highest BCUT2D eigenvalue weighted by Crippen LogP contribution is 2.38. The number of hydrogen-bond donors (Lipinski definition) is 1. The van der Waals surface area contributed by atoms with Gasteiger partial charge in [0.05, 0.1) is 24.9 Å². The second-order valence-electron chi connectivity index (χ2n) is 9.43. The number of methoxy groups -OCH3 is 3. The molecule has 202 valence electrons. The van der Waals surface area contributed by atoms with E-state index in [-0.39, 0.29) is 37.8 Å². The van der Waals surface area contributed by atoms with Crippen molar-refractivity contribution in [3.8, 4) is 11.5 Å². The predicted molar refractivity (Wildman–Crippen MR) is 134 cm³/mol. The van der Waals surface area contributed by atoms with Gasteiger partial charge in [-0.25, -0.2) is 0 Å². The van der Waals surface area contributed by atoms with Gasteiger partial charge < -0.3 is 43.0 Å². The van der Waals surface area contributed by atoms with E-state index in [1.165, 1.54) is 7.11 Å². The van der Waals surface area contributed by atoms with Gasteiger partial charge in [-0.3, -0.25) is 0 Å². The summed E-state index contributed by atoms with van der Waals surface area (Å²) in [5.74, 6) is 0.202. The molecule has 2 aliphatic rings. The van der Waals surface area contributed by atoms with Gasteiger partial charge in [-0.2, -0.15) is 0 Å². The van der Waals surface area contributed by atoms with E-state index in [0.29, 0.717) is 29.0 Å². The Morgan fingerprint density at radius 2 is 1.78 bits per heavy atom. The largest absolute Gasteiger partial charge is 0.497 e. The fourth-order valence-electron chi connectivity index (χ4n) is 4.29. The maximum absolute atomic E-state index is 11.2. The first kappa shape index (κ1) is 28.6. The highest BCUT2D eigenvalue weighted by Gasteiger charge is 2.44. The van der Waals surface area contributed by atoms with E-state index in [4.69, 9.17) is 37.9 Å². The number of benzene rings is 1. The van der Waals surface area contributed by atoms with Crippen LogP contribution in [0.5, 0.6) is 11.5 Å². The van der Waals surface area contributed by atoms with E-state index < -0.39 is 18.2 Å². The molecule has 1 saturated heterocycles. The number of fused-ring (bicyclic) bond motifs is 2. The highest BCUT2D eigenvalue weighted by atomic mass is 16.8. The minimum Gasteiger partial charge on any atom is -0.497 e. The van der Waals surface area contributed by atoms with Crippen LogP contribution in [0, 0.1) is 5.92 Å². The maximum atomic E-state index is 11.2. The zero-order valence-corrected chi connectivity index (χ0v) is 22.3. The molecule has 1 N–H and O–H groups in total. The monoisotopic (exact) mass is 508 g/mol. The number of aliphatic hydroxyl groups excluding tert-OH is 1. The summed E-state index contributed by atoms with van der Waals surface area (Å²) in [6.45, 7) is 7.82. The van der Waals surface area contributed by atoms with Crippen LogP contribution in [0.15, 0.2) is 30.4 Å². The van der Waals surface area contributed by atoms with Crippen molar-refractivity contribution >= 4 is 6.08 Å². The number of rotatable bonds is 7. The normalized spacial score (nSPS) is 31.2. The van der Waals surface area contributed by atoms with Crippen molar-refractivity contribution in [3.63, 3.8) is 0 Å². The Morgan fingerprint density at radius 3 is 2.47 bits per heavy atom. The maximum Gasteiger partial charge on any atom is 0.188 e. The van der Waals surface area contributed by atoms with Crippen molar-refractivity contribution < 1.29 is 43.0 Å². The summed E-state index contributed by atoms with van der Waals surface area (Å²) in [5.41, 5.74) is 1.09. The van der Waals surface area contributed by atoms with Gasteiger partial charge in [0.25, 0.3) is 0 Å². The van der Waals surface area contributed by atoms with Crippen molar-refractivity contribution in [3.05, 3.63) is 41.5 Å². The van der Waals surface area contributed by atoms with Gasteiger partial charge in [0.15, 0.2) is 18.9 Å². The third-order valence-electron chi connectivity index (χ3n) is 6.24. The van der Waals surface area contributed by atoms with Crippen molar-refractivity contribution in [2.45, 2.75) is 70.6 Å². The van der Waals surface area contributed by atoms with Crippen LogP contribution < -0.4 is 9.47 Å². The molecule has 9 heteroatoms. The van der Waals surface area contributed by atoms with E-state index in [1.807, 2.05) is 39.8 Å². The third kappa shape index (κ3) is 7.29. The molecule has 0 saturated carbocycles. The fraction of sp³-hybridized carbons (Fsp3) is 0.630. The van der Waals surface area contributed by atoms with Gasteiger partial charge in [-0.15, -0.1) is 0 Å². The van der Waals surface area contributed by atoms with Crippen molar-refractivity contribution in [1.82, 2.24) is 0 Å². The molecule has 1 aromatic rings. The van der Waals surface area contributed by atoms with E-state index in [9.17, 15) is 5.11 Å². The summed E-state index contributed by atoms with van der Waals surface area (Å²) < 4.78 is 46.1. The number of aliphatic hydroxyl groups is 1. The lowest BCUT2D eigenvalue weighted by molar-refractivity contribution is -0.163. The van der Waals surface area contributed by atoms with Crippen molar-refractivity contribution in [2.75, 3.05) is 34.9 Å². The summed E-state index contributed by atoms with van der Waals surface area (Å²) in [6, 6.07) is 3.50. The van der Waals surface area contributed by atoms with Crippen LogP contribution in [0.2, 0.25) is 0 Å². The Hall–Kier alpha value is -1.98. The van der Waals surface area contributed by atoms with Gasteiger partial charge in [-0.05, 0) is 38.8 Å². The number of hydrogen-bond acceptors (Lipinski definition) is 9. The fourth-order valence-corrected chi connectivity index (χ4v) is 4.29. The van der Waals surface area contributed by atoms with E-state index in [1.54, 1.807) is 26.4 Å². The molecule has 3 rings (SSSR count). The molecular formula is C27H40O9. The lowest BCUT2D eigenvalue weighted by Gasteiger charge is -2.27. The Balaban J connectivity index is 2.12. The minimum atomic E-state index is -1.26. The first-order valence-electron chi connectivity index (χ1n) is 12.2. The molecule has 1 aromatic carbocycles. The Labute approximate surface area is 213 Å². The van der Waals surface area contributed by atoms with Crippen LogP contribution >= 0.6 is 0 Å². The summed E-state index contributed by atoms with van der Waals surface area (Å²) in [6.07, 6.45) is 5.82. The quantitative estimate of drug-likeness (QED) is 0.430. The lowest BCUT2D eigenvalue weighted by Crippen LogP contribution is -2.36. The molecule has 36 heavy (non-hydrogen) atoms. The predicted octanol–water partition coefficient (Wildman–Crippen LogP) is 4.19. The molecule has 1 fully saturated rings. The molecule has 0 aromatic heterocycles. The Kier molecular flexibility index (Phi) is 10.3. The Bertz CT molecular complexity index is 897. The van der Waals surface area contributed by atoms with Gasteiger partial charge in [0.2, 0.25) is 0 Å². The highest BCUT2D eigenvalue weighted by molar-refractivity contribution is 5.62. The van der Waals surface area contributed by atoms with Crippen LogP contribution in [0.25, 0.3) is 6.08 Å². The van der Waals surface area contributed by atoms with Gasteiger partial charge in [0.1, 0.15) is 30.5 Å². The standard InChI is InChI=1S/C27H40O9/c1-17-9-8-10-22-25(36-27(3,4)35-22)21(32-15-29-5)12-11-19-13-20(31-7)14-23(33-16-30-6)24(19)26(28)34-18(17)2/h8-9,11-14,17-18,21-22,25-26,28H,10,15-16H2,1-7H3/b9-8-,12-11?/t17-,18+,21?,22?,25?,26?/m1/s1. The lowest BCUT2D eigenvalue weighted by atomic mass is 9.98. The molecule has 0 aliphatic carbocycles. The smallest absolute Gasteiger partial charge is 0.188 e. The average Bonchev–Trinajstić information content (AvgIpc) is 3.15. The van der Waals surface area contributed by atoms with Crippen LogP contribution in [-0.2, 0) is 28.4 Å². The topological polar surface area (TPSA) is 94.1 Å². The molecule has 4 unspecified atom stereocenters. The van der Waals surface area contributed by atoms with Gasteiger partial charge in [0, 0.05) is 26.2 Å². The second kappa shape index (κ2) is 13.0. The first-order valence-corrected chi connectivity index (χ1v) is 12.2. The SMILES string of the molecule is COCOc1cc(OC)cc2c1C(O)O[C@@H](C)[C@H](C)/C=C\CC1OC(C)(C)OC1C(OCOC)C=C2. The molecule has 2 heterocycles. The molecule has 6 atom stereocenters. The number of ether oxygens (including phenoxy) is 8. The van der Waals surface area contributed by atoms with Gasteiger partial charge >= 0.3 is 0 Å².